The van der Waals surface area contributed by atoms with Gasteiger partial charge in [-0.25, -0.2) is 0 Å². The average Bonchev–Trinajstić information content (AvgIpc) is 2.18. The lowest BCUT2D eigenvalue weighted by Gasteiger charge is -2.34. The fourth-order valence-electron chi connectivity index (χ4n) is 1.46. The molecule has 0 aromatic rings. The Morgan fingerprint density at radius 3 is 3.23 bits per heavy atom. The zero-order valence-electron chi connectivity index (χ0n) is 7.49. The Kier molecular flexibility index (Phi) is 3.47. The highest BCUT2D eigenvalue weighted by Gasteiger charge is 2.24. The van der Waals surface area contributed by atoms with Crippen molar-refractivity contribution in [3.8, 4) is 6.07 Å². The van der Waals surface area contributed by atoms with Crippen molar-refractivity contribution in [2.75, 3.05) is 19.6 Å². The molecule has 0 aliphatic carbocycles. The maximum atomic E-state index is 11.3. The molecule has 0 saturated carbocycles. The number of hydrogen-bond donors (Lipinski definition) is 1. The van der Waals surface area contributed by atoms with Crippen LogP contribution in [0.2, 0.25) is 0 Å². The third-order valence-corrected chi connectivity index (χ3v) is 2.13. The number of rotatable bonds is 2. The average molecular weight is 179 g/mol. The first kappa shape index (κ1) is 9.75. The van der Waals surface area contributed by atoms with E-state index in [1.54, 1.807) is 4.90 Å². The highest BCUT2D eigenvalue weighted by molar-refractivity contribution is 5.87. The molecule has 0 unspecified atom stereocenters. The minimum atomic E-state index is -0.0817. The van der Waals surface area contributed by atoms with Crippen LogP contribution in [0.25, 0.3) is 0 Å². The van der Waals surface area contributed by atoms with Gasteiger partial charge < -0.3 is 10.2 Å². The number of nitrogens with zero attached hydrogens (tertiary/aromatic N) is 2. The van der Waals surface area contributed by atoms with Crippen LogP contribution >= 0.6 is 0 Å². The molecule has 1 atom stereocenters. The second kappa shape index (κ2) is 4.63. The Bertz CT molecular complexity index is 244. The van der Waals surface area contributed by atoms with E-state index in [0.717, 1.165) is 6.54 Å². The van der Waals surface area contributed by atoms with Crippen molar-refractivity contribution in [2.24, 2.45) is 0 Å². The van der Waals surface area contributed by atoms with Gasteiger partial charge in [0.05, 0.1) is 18.5 Å². The quantitative estimate of drug-likeness (QED) is 0.601. The zero-order chi connectivity index (χ0) is 9.68. The molecule has 0 aromatic heterocycles. The summed E-state index contributed by atoms with van der Waals surface area (Å²) in [5.74, 6) is -0.0817. The van der Waals surface area contributed by atoms with E-state index in [1.807, 2.05) is 0 Å². The van der Waals surface area contributed by atoms with Gasteiger partial charge in [-0.3, -0.25) is 4.79 Å². The summed E-state index contributed by atoms with van der Waals surface area (Å²) < 4.78 is 0. The molecule has 70 valence electrons. The number of nitrogens with one attached hydrogen (secondary N) is 1. The molecule has 1 fully saturated rings. The molecule has 1 saturated heterocycles. The molecular weight excluding hydrogens is 166 g/mol. The monoisotopic (exact) mass is 179 g/mol. The molecule has 1 aliphatic rings. The van der Waals surface area contributed by atoms with Crippen molar-refractivity contribution < 1.29 is 4.79 Å². The van der Waals surface area contributed by atoms with Crippen molar-refractivity contribution in [3.63, 3.8) is 0 Å². The molecule has 1 amide bonds. The molecule has 0 spiro atoms. The molecule has 0 aromatic carbocycles. The van der Waals surface area contributed by atoms with Crippen molar-refractivity contribution in [1.82, 2.24) is 10.2 Å². The highest BCUT2D eigenvalue weighted by Crippen LogP contribution is 2.07. The Labute approximate surface area is 77.8 Å². The second-order valence-corrected chi connectivity index (χ2v) is 2.96. The molecule has 13 heavy (non-hydrogen) atoms. The van der Waals surface area contributed by atoms with Gasteiger partial charge in [-0.05, 0) is 6.08 Å². The van der Waals surface area contributed by atoms with Crippen LogP contribution in [0.15, 0.2) is 12.7 Å². The van der Waals surface area contributed by atoms with E-state index >= 15 is 0 Å². The number of hydrogen-bond acceptors (Lipinski definition) is 3. The molecule has 4 nitrogen and oxygen atoms in total. The summed E-state index contributed by atoms with van der Waals surface area (Å²) in [5.41, 5.74) is 0. The van der Waals surface area contributed by atoms with Crippen LogP contribution in [0.4, 0.5) is 0 Å². The first-order chi connectivity index (χ1) is 6.29. The van der Waals surface area contributed by atoms with Crippen LogP contribution in [-0.2, 0) is 4.79 Å². The summed E-state index contributed by atoms with van der Waals surface area (Å²) in [4.78, 5) is 13.0. The summed E-state index contributed by atoms with van der Waals surface area (Å²) in [6, 6.07) is 2.08. The van der Waals surface area contributed by atoms with Crippen LogP contribution in [0.1, 0.15) is 6.42 Å². The largest absolute Gasteiger partial charge is 0.333 e. The normalized spacial score (nSPS) is 22.1. The molecule has 1 rings (SSSR count). The first-order valence-electron chi connectivity index (χ1n) is 4.30. The Hall–Kier alpha value is -1.34. The maximum Gasteiger partial charge on any atom is 0.246 e. The summed E-state index contributed by atoms with van der Waals surface area (Å²) >= 11 is 0. The number of piperazine rings is 1. The molecule has 1 aliphatic heterocycles. The predicted molar refractivity (Wildman–Crippen MR) is 48.8 cm³/mol. The van der Waals surface area contributed by atoms with Gasteiger partial charge >= 0.3 is 0 Å². The minimum absolute atomic E-state index is 0.00394. The fourth-order valence-corrected chi connectivity index (χ4v) is 1.46. The Morgan fingerprint density at radius 1 is 1.85 bits per heavy atom. The molecule has 4 heteroatoms. The first-order valence-corrected chi connectivity index (χ1v) is 4.30. The third kappa shape index (κ3) is 2.30. The number of nitriles is 1. The number of amides is 1. The summed E-state index contributed by atoms with van der Waals surface area (Å²) in [6.45, 7) is 5.59. The lowest BCUT2D eigenvalue weighted by Crippen LogP contribution is -2.53. The van der Waals surface area contributed by atoms with E-state index in [-0.39, 0.29) is 11.9 Å². The molecule has 1 N–H and O–H groups in total. The second-order valence-electron chi connectivity index (χ2n) is 2.96. The van der Waals surface area contributed by atoms with Crippen LogP contribution in [0, 0.1) is 11.3 Å². The Balaban J connectivity index is 2.62. The van der Waals surface area contributed by atoms with Gasteiger partial charge in [-0.2, -0.15) is 5.26 Å². The predicted octanol–water partition coefficient (Wildman–Crippen LogP) is -0.114. The highest BCUT2D eigenvalue weighted by atomic mass is 16.2. The maximum absolute atomic E-state index is 11.3. The van der Waals surface area contributed by atoms with Gasteiger partial charge in [0.1, 0.15) is 0 Å². The van der Waals surface area contributed by atoms with E-state index in [9.17, 15) is 4.79 Å². The number of carbonyl (C=O) groups excluding carboxylic acids is 1. The van der Waals surface area contributed by atoms with Gasteiger partial charge in [0.2, 0.25) is 5.91 Å². The van der Waals surface area contributed by atoms with Gasteiger partial charge in [-0.1, -0.05) is 6.58 Å². The van der Waals surface area contributed by atoms with E-state index in [4.69, 9.17) is 5.26 Å². The van der Waals surface area contributed by atoms with Crippen LogP contribution in [0.3, 0.4) is 0 Å². The lowest BCUT2D eigenvalue weighted by molar-refractivity contribution is -0.128. The number of carbonyl (C=O) groups is 1. The smallest absolute Gasteiger partial charge is 0.246 e. The third-order valence-electron chi connectivity index (χ3n) is 2.13. The van der Waals surface area contributed by atoms with Crippen molar-refractivity contribution in [3.05, 3.63) is 12.7 Å². The van der Waals surface area contributed by atoms with Gasteiger partial charge in [0, 0.05) is 19.6 Å². The molecule has 0 bridgehead atoms. The standard InChI is InChI=1S/C9H13N3O/c1-2-9(13)12-6-5-11-7-8(12)3-4-10/h2,8,11H,1,3,5-7H2/t8-/m0/s1. The lowest BCUT2D eigenvalue weighted by atomic mass is 10.1. The molecular formula is C9H13N3O. The Morgan fingerprint density at radius 2 is 2.62 bits per heavy atom. The fraction of sp³-hybridized carbons (Fsp3) is 0.556. The minimum Gasteiger partial charge on any atom is -0.333 e. The van der Waals surface area contributed by atoms with Gasteiger partial charge in [0.15, 0.2) is 0 Å². The van der Waals surface area contributed by atoms with Crippen LogP contribution in [-0.4, -0.2) is 36.5 Å². The van der Waals surface area contributed by atoms with E-state index in [2.05, 4.69) is 18.0 Å². The van der Waals surface area contributed by atoms with E-state index in [1.165, 1.54) is 6.08 Å². The summed E-state index contributed by atoms with van der Waals surface area (Å²) in [5, 5.41) is 11.7. The summed E-state index contributed by atoms with van der Waals surface area (Å²) in [7, 11) is 0. The SMILES string of the molecule is C=CC(=O)N1CCNC[C@@H]1CC#N. The summed E-state index contributed by atoms with van der Waals surface area (Å²) in [6.07, 6.45) is 1.68. The van der Waals surface area contributed by atoms with E-state index < -0.39 is 0 Å². The van der Waals surface area contributed by atoms with Crippen LogP contribution in [0.5, 0.6) is 0 Å². The van der Waals surface area contributed by atoms with Crippen molar-refractivity contribution in [2.45, 2.75) is 12.5 Å². The molecule has 0 radical (unpaired) electrons. The molecule has 1 heterocycles. The topological polar surface area (TPSA) is 56.1 Å². The van der Waals surface area contributed by atoms with Crippen LogP contribution < -0.4 is 5.32 Å². The zero-order valence-corrected chi connectivity index (χ0v) is 7.49. The van der Waals surface area contributed by atoms with Crippen molar-refractivity contribution in [1.29, 1.82) is 5.26 Å². The van der Waals surface area contributed by atoms with Crippen molar-refractivity contribution >= 4 is 5.91 Å². The van der Waals surface area contributed by atoms with E-state index in [0.29, 0.717) is 19.5 Å². The van der Waals surface area contributed by atoms with Gasteiger partial charge in [0.25, 0.3) is 0 Å². The van der Waals surface area contributed by atoms with Gasteiger partial charge in [-0.15, -0.1) is 0 Å².